The Balaban J connectivity index is 1.28. The number of aryl methyl sites for hydroxylation is 1. The van der Waals surface area contributed by atoms with Gasteiger partial charge in [0.2, 0.25) is 10.0 Å². The van der Waals surface area contributed by atoms with E-state index in [2.05, 4.69) is 24.3 Å². The Bertz CT molecular complexity index is 1030. The van der Waals surface area contributed by atoms with Crippen LogP contribution in [-0.4, -0.2) is 56.3 Å². The third-order valence-corrected chi connectivity index (χ3v) is 8.43. The van der Waals surface area contributed by atoms with Crippen molar-refractivity contribution in [3.05, 3.63) is 59.7 Å². The second-order valence-corrected chi connectivity index (χ2v) is 10.8. The highest BCUT2D eigenvalue weighted by molar-refractivity contribution is 7.89. The Labute approximate surface area is 191 Å². The molecule has 2 fully saturated rings. The highest BCUT2D eigenvalue weighted by Gasteiger charge is 2.28. The largest absolute Gasteiger partial charge is 0.483 e. The van der Waals surface area contributed by atoms with Crippen molar-refractivity contribution < 1.29 is 17.9 Å². The summed E-state index contributed by atoms with van der Waals surface area (Å²) >= 11 is 0. The predicted molar refractivity (Wildman–Crippen MR) is 124 cm³/mol. The molecule has 0 spiro atoms. The summed E-state index contributed by atoms with van der Waals surface area (Å²) in [5.74, 6) is 1.14. The Hall–Kier alpha value is -2.38. The van der Waals surface area contributed by atoms with E-state index in [-0.39, 0.29) is 17.4 Å². The standard InChI is InChI=1S/C25H32N2O4S/c1-20-17-23(32(29,30)27-13-5-6-14-27)9-10-24(20)31-19-25(28)26-15-11-22(12-16-26)18-21-7-3-2-4-8-21/h2-4,7-10,17,22H,5-6,11-16,18-19H2,1H3. The van der Waals surface area contributed by atoms with E-state index in [0.717, 1.165) is 50.8 Å². The summed E-state index contributed by atoms with van der Waals surface area (Å²) in [6.45, 7) is 4.46. The van der Waals surface area contributed by atoms with Crippen molar-refractivity contribution >= 4 is 15.9 Å². The first-order valence-corrected chi connectivity index (χ1v) is 12.9. The van der Waals surface area contributed by atoms with Crippen molar-refractivity contribution in [3.63, 3.8) is 0 Å². The van der Waals surface area contributed by atoms with Crippen molar-refractivity contribution in [3.8, 4) is 5.75 Å². The van der Waals surface area contributed by atoms with E-state index in [1.165, 1.54) is 9.87 Å². The molecule has 2 aromatic rings. The maximum atomic E-state index is 12.7. The SMILES string of the molecule is Cc1cc(S(=O)(=O)N2CCCC2)ccc1OCC(=O)N1CCC(Cc2ccccc2)CC1. The molecule has 172 valence electrons. The molecule has 2 heterocycles. The van der Waals surface area contributed by atoms with Gasteiger partial charge in [0.25, 0.3) is 5.91 Å². The molecule has 2 aliphatic heterocycles. The van der Waals surface area contributed by atoms with Gasteiger partial charge in [-0.3, -0.25) is 4.79 Å². The normalized spacial score (nSPS) is 18.1. The molecule has 4 rings (SSSR count). The summed E-state index contributed by atoms with van der Waals surface area (Å²) in [5.41, 5.74) is 2.07. The van der Waals surface area contributed by atoms with Crippen LogP contribution >= 0.6 is 0 Å². The van der Waals surface area contributed by atoms with E-state index in [9.17, 15) is 13.2 Å². The first kappa shape index (κ1) is 22.8. The number of benzene rings is 2. The number of amides is 1. The van der Waals surface area contributed by atoms with Crippen LogP contribution in [0.15, 0.2) is 53.4 Å². The molecule has 2 aliphatic rings. The third-order valence-electron chi connectivity index (χ3n) is 6.53. The van der Waals surface area contributed by atoms with Gasteiger partial charge in [0.05, 0.1) is 4.90 Å². The molecule has 0 radical (unpaired) electrons. The zero-order valence-electron chi connectivity index (χ0n) is 18.7. The van der Waals surface area contributed by atoms with Crippen LogP contribution < -0.4 is 4.74 Å². The number of rotatable bonds is 7. The average Bonchev–Trinajstić information content (AvgIpc) is 3.35. The van der Waals surface area contributed by atoms with Gasteiger partial charge in [-0.1, -0.05) is 30.3 Å². The maximum Gasteiger partial charge on any atom is 0.260 e. The van der Waals surface area contributed by atoms with E-state index in [1.807, 2.05) is 17.9 Å². The molecule has 0 bridgehead atoms. The van der Waals surface area contributed by atoms with Crippen LogP contribution in [0, 0.1) is 12.8 Å². The fourth-order valence-corrected chi connectivity index (χ4v) is 6.19. The minimum atomic E-state index is -3.45. The molecule has 7 heteroatoms. The minimum absolute atomic E-state index is 0.0173. The second kappa shape index (κ2) is 10.0. The zero-order valence-corrected chi connectivity index (χ0v) is 19.5. The molecule has 32 heavy (non-hydrogen) atoms. The van der Waals surface area contributed by atoms with Crippen LogP contribution in [0.2, 0.25) is 0 Å². The number of hydrogen-bond donors (Lipinski definition) is 0. The number of nitrogens with zero attached hydrogens (tertiary/aromatic N) is 2. The number of sulfonamides is 1. The van der Waals surface area contributed by atoms with Gasteiger partial charge in [-0.15, -0.1) is 0 Å². The van der Waals surface area contributed by atoms with Crippen LogP contribution in [0.25, 0.3) is 0 Å². The van der Waals surface area contributed by atoms with Gasteiger partial charge in [-0.25, -0.2) is 8.42 Å². The van der Waals surface area contributed by atoms with Gasteiger partial charge in [0, 0.05) is 26.2 Å². The second-order valence-electron chi connectivity index (χ2n) is 8.84. The minimum Gasteiger partial charge on any atom is -0.483 e. The van der Waals surface area contributed by atoms with Gasteiger partial charge in [0.1, 0.15) is 5.75 Å². The molecule has 0 aliphatic carbocycles. The monoisotopic (exact) mass is 456 g/mol. The molecule has 0 atom stereocenters. The number of carbonyl (C=O) groups excluding carboxylic acids is 1. The van der Waals surface area contributed by atoms with E-state index < -0.39 is 10.0 Å². The Kier molecular flexibility index (Phi) is 7.16. The molecular formula is C25H32N2O4S. The highest BCUT2D eigenvalue weighted by atomic mass is 32.2. The first-order chi connectivity index (χ1) is 15.4. The fraction of sp³-hybridized carbons (Fsp3) is 0.480. The molecule has 0 N–H and O–H groups in total. The summed E-state index contributed by atoms with van der Waals surface area (Å²) in [6, 6.07) is 15.4. The topological polar surface area (TPSA) is 66.9 Å². The molecule has 0 unspecified atom stereocenters. The third kappa shape index (κ3) is 5.33. The summed E-state index contributed by atoms with van der Waals surface area (Å²) in [7, 11) is -3.45. The van der Waals surface area contributed by atoms with E-state index in [1.54, 1.807) is 18.2 Å². The van der Waals surface area contributed by atoms with Crippen LogP contribution in [0.5, 0.6) is 5.75 Å². The van der Waals surface area contributed by atoms with Gasteiger partial charge in [-0.2, -0.15) is 4.31 Å². The number of carbonyl (C=O) groups is 1. The van der Waals surface area contributed by atoms with E-state index in [4.69, 9.17) is 4.74 Å². The molecule has 1 amide bonds. The lowest BCUT2D eigenvalue weighted by atomic mass is 9.90. The van der Waals surface area contributed by atoms with Crippen molar-refractivity contribution in [2.75, 3.05) is 32.8 Å². The maximum absolute atomic E-state index is 12.7. The molecular weight excluding hydrogens is 424 g/mol. The van der Waals surface area contributed by atoms with E-state index >= 15 is 0 Å². The first-order valence-electron chi connectivity index (χ1n) is 11.5. The number of piperidine rings is 1. The summed E-state index contributed by atoms with van der Waals surface area (Å²) in [5, 5.41) is 0. The molecule has 2 saturated heterocycles. The lowest BCUT2D eigenvalue weighted by Gasteiger charge is -2.32. The Morgan fingerprint density at radius 3 is 2.34 bits per heavy atom. The lowest BCUT2D eigenvalue weighted by Crippen LogP contribution is -2.41. The Morgan fingerprint density at radius 1 is 1.00 bits per heavy atom. The van der Waals surface area contributed by atoms with Crippen LogP contribution in [0.1, 0.15) is 36.8 Å². The Morgan fingerprint density at radius 2 is 1.69 bits per heavy atom. The van der Waals surface area contributed by atoms with Gasteiger partial charge < -0.3 is 9.64 Å². The van der Waals surface area contributed by atoms with Crippen LogP contribution in [0.4, 0.5) is 0 Å². The fourth-order valence-electron chi connectivity index (χ4n) is 4.59. The van der Waals surface area contributed by atoms with Gasteiger partial charge in [0.15, 0.2) is 6.61 Å². The van der Waals surface area contributed by atoms with Gasteiger partial charge >= 0.3 is 0 Å². The van der Waals surface area contributed by atoms with Crippen LogP contribution in [0.3, 0.4) is 0 Å². The highest BCUT2D eigenvalue weighted by Crippen LogP contribution is 2.26. The van der Waals surface area contributed by atoms with Crippen molar-refractivity contribution in [1.82, 2.24) is 9.21 Å². The van der Waals surface area contributed by atoms with Gasteiger partial charge in [-0.05, 0) is 74.3 Å². The predicted octanol–water partition coefficient (Wildman–Crippen LogP) is 3.64. The summed E-state index contributed by atoms with van der Waals surface area (Å²) < 4.78 is 32.8. The zero-order chi connectivity index (χ0) is 22.6. The quantitative estimate of drug-likeness (QED) is 0.638. The summed E-state index contributed by atoms with van der Waals surface area (Å²) in [4.78, 5) is 14.8. The molecule has 2 aromatic carbocycles. The van der Waals surface area contributed by atoms with Crippen LogP contribution in [-0.2, 0) is 21.2 Å². The van der Waals surface area contributed by atoms with E-state index in [0.29, 0.717) is 24.8 Å². The van der Waals surface area contributed by atoms with Crippen molar-refractivity contribution in [1.29, 1.82) is 0 Å². The number of likely N-dealkylation sites (tertiary alicyclic amines) is 1. The smallest absolute Gasteiger partial charge is 0.260 e. The lowest BCUT2D eigenvalue weighted by molar-refractivity contribution is -0.134. The molecule has 0 saturated carbocycles. The molecule has 0 aromatic heterocycles. The molecule has 6 nitrogen and oxygen atoms in total. The number of hydrogen-bond acceptors (Lipinski definition) is 4. The average molecular weight is 457 g/mol. The van der Waals surface area contributed by atoms with Crippen molar-refractivity contribution in [2.24, 2.45) is 5.92 Å². The van der Waals surface area contributed by atoms with Crippen molar-refractivity contribution in [2.45, 2.75) is 43.9 Å². The summed E-state index contributed by atoms with van der Waals surface area (Å²) in [6.07, 6.45) is 4.88. The number of ether oxygens (including phenoxy) is 1.